The molecule has 228 valence electrons. The lowest BCUT2D eigenvalue weighted by Crippen LogP contribution is -2.29. The number of hydrogen-bond donors (Lipinski definition) is 1. The third-order valence-corrected chi connectivity index (χ3v) is 8.94. The maximum absolute atomic E-state index is 13.6. The van der Waals surface area contributed by atoms with Gasteiger partial charge in [0.25, 0.3) is 5.78 Å². The van der Waals surface area contributed by atoms with Gasteiger partial charge in [0, 0.05) is 23.7 Å². The van der Waals surface area contributed by atoms with Gasteiger partial charge in [-0.05, 0) is 66.8 Å². The van der Waals surface area contributed by atoms with Crippen LogP contribution in [0.1, 0.15) is 49.9 Å². The molecule has 2 aromatic heterocycles. The van der Waals surface area contributed by atoms with Gasteiger partial charge in [0.1, 0.15) is 11.6 Å². The number of pyridine rings is 1. The van der Waals surface area contributed by atoms with Crippen LogP contribution in [0.5, 0.6) is 11.5 Å². The molecule has 0 radical (unpaired) electrons. The summed E-state index contributed by atoms with van der Waals surface area (Å²) in [6.07, 6.45) is 3.84. The van der Waals surface area contributed by atoms with Gasteiger partial charge >= 0.3 is 5.91 Å². The van der Waals surface area contributed by atoms with Crippen LogP contribution in [0, 0.1) is 11.7 Å². The molecule has 4 aromatic rings. The minimum atomic E-state index is -1.02. The van der Waals surface area contributed by atoms with Crippen molar-refractivity contribution in [2.24, 2.45) is 5.92 Å². The molecule has 3 heterocycles. The van der Waals surface area contributed by atoms with Crippen molar-refractivity contribution in [3.05, 3.63) is 95.1 Å². The molecule has 1 saturated heterocycles. The van der Waals surface area contributed by atoms with Gasteiger partial charge < -0.3 is 14.6 Å². The number of ketones is 1. The lowest BCUT2D eigenvalue weighted by molar-refractivity contribution is -0.132. The molecule has 9 nitrogen and oxygen atoms in total. The van der Waals surface area contributed by atoms with Crippen LogP contribution < -0.4 is 14.4 Å². The first kappa shape index (κ1) is 31.1. The zero-order valence-corrected chi connectivity index (χ0v) is 26.0. The summed E-state index contributed by atoms with van der Waals surface area (Å²) >= 11 is 2.52. The van der Waals surface area contributed by atoms with Gasteiger partial charge in [-0.25, -0.2) is 4.39 Å². The molecule has 1 unspecified atom stereocenters. The van der Waals surface area contributed by atoms with E-state index in [4.69, 9.17) is 9.47 Å². The summed E-state index contributed by atoms with van der Waals surface area (Å²) in [7, 11) is 0. The van der Waals surface area contributed by atoms with E-state index in [1.165, 1.54) is 41.2 Å². The van der Waals surface area contributed by atoms with E-state index in [2.05, 4.69) is 29.0 Å². The van der Waals surface area contributed by atoms with Crippen LogP contribution in [0.4, 0.5) is 9.52 Å². The molecule has 44 heavy (non-hydrogen) atoms. The first-order chi connectivity index (χ1) is 21.3. The Morgan fingerprint density at radius 2 is 1.80 bits per heavy atom. The Labute approximate surface area is 262 Å². The van der Waals surface area contributed by atoms with E-state index in [9.17, 15) is 19.1 Å². The number of thioether (sulfide) groups is 1. The van der Waals surface area contributed by atoms with Gasteiger partial charge in [0.05, 0.1) is 24.8 Å². The fourth-order valence-electron chi connectivity index (χ4n) is 4.58. The molecule has 1 fully saturated rings. The van der Waals surface area contributed by atoms with E-state index in [-0.39, 0.29) is 22.3 Å². The number of rotatable bonds is 12. The number of aromatic nitrogens is 3. The molecule has 5 rings (SSSR count). The summed E-state index contributed by atoms with van der Waals surface area (Å²) in [6.45, 7) is 6.95. The molecule has 0 aliphatic carbocycles. The number of amides is 1. The summed E-state index contributed by atoms with van der Waals surface area (Å²) < 4.78 is 25.8. The molecule has 0 bridgehead atoms. The lowest BCUT2D eigenvalue weighted by atomic mass is 9.95. The number of carbonyl (C=O) groups is 2. The van der Waals surface area contributed by atoms with E-state index in [0.717, 1.165) is 23.3 Å². The fourth-order valence-corrected chi connectivity index (χ4v) is 6.40. The van der Waals surface area contributed by atoms with Crippen LogP contribution in [0.15, 0.2) is 76.9 Å². The maximum atomic E-state index is 13.6. The van der Waals surface area contributed by atoms with E-state index >= 15 is 0 Å². The summed E-state index contributed by atoms with van der Waals surface area (Å²) in [6, 6.07) is 13.5. The normalized spacial score (nSPS) is 16.1. The predicted octanol–water partition coefficient (Wildman–Crippen LogP) is 6.81. The average molecular weight is 635 g/mol. The standard InChI is InChI=1S/C32H31FN4O5S2/c1-4-41-25-17-22(7-10-24(25)42-16-13-19(2)3)27-26(28(38)21-11-14-34-15-12-21)29(39)30(40)37(27)31-35-36-32(44-31)43-18-20-5-8-23(33)9-6-20/h5-12,14-15,17,19,27,38H,4,13,16,18H2,1-3H3/b28-26+. The molecular formula is C32H31FN4O5S2. The number of carbonyl (C=O) groups excluding carboxylic acids is 2. The Balaban J connectivity index is 1.54. The minimum absolute atomic E-state index is 0.0900. The molecule has 1 atom stereocenters. The number of Topliss-reactive ketones (excluding diaryl/α,β-unsaturated/α-hetero) is 1. The van der Waals surface area contributed by atoms with E-state index in [1.807, 2.05) is 6.92 Å². The monoisotopic (exact) mass is 634 g/mol. The number of anilines is 1. The summed E-state index contributed by atoms with van der Waals surface area (Å²) in [5, 5.41) is 20.1. The van der Waals surface area contributed by atoms with Gasteiger partial charge in [-0.3, -0.25) is 19.5 Å². The second kappa shape index (κ2) is 14.0. The molecule has 1 amide bonds. The molecule has 12 heteroatoms. The van der Waals surface area contributed by atoms with Crippen molar-refractivity contribution in [2.75, 3.05) is 18.1 Å². The van der Waals surface area contributed by atoms with Crippen molar-refractivity contribution in [1.82, 2.24) is 15.2 Å². The highest BCUT2D eigenvalue weighted by atomic mass is 32.2. The fraction of sp³-hybridized carbons (Fsp3) is 0.281. The highest BCUT2D eigenvalue weighted by Gasteiger charge is 2.48. The minimum Gasteiger partial charge on any atom is -0.507 e. The number of aliphatic hydroxyl groups excluding tert-OH is 1. The number of ether oxygens (including phenoxy) is 2. The average Bonchev–Trinajstić information content (AvgIpc) is 3.59. The highest BCUT2D eigenvalue weighted by molar-refractivity contribution is 8.00. The van der Waals surface area contributed by atoms with E-state index in [0.29, 0.717) is 51.9 Å². The topological polar surface area (TPSA) is 115 Å². The Hall–Kier alpha value is -4.29. The van der Waals surface area contributed by atoms with Crippen LogP contribution in [0.25, 0.3) is 5.76 Å². The number of halogens is 1. The Morgan fingerprint density at radius 1 is 1.05 bits per heavy atom. The van der Waals surface area contributed by atoms with Crippen molar-refractivity contribution >= 4 is 45.7 Å². The van der Waals surface area contributed by atoms with Gasteiger partial charge in [0.15, 0.2) is 15.8 Å². The second-order valence-corrected chi connectivity index (χ2v) is 12.5. The van der Waals surface area contributed by atoms with Gasteiger partial charge in [-0.1, -0.05) is 55.1 Å². The van der Waals surface area contributed by atoms with Crippen LogP contribution >= 0.6 is 23.1 Å². The van der Waals surface area contributed by atoms with E-state index in [1.54, 1.807) is 42.5 Å². The zero-order chi connectivity index (χ0) is 31.2. The smallest absolute Gasteiger partial charge is 0.301 e. The largest absolute Gasteiger partial charge is 0.507 e. The van der Waals surface area contributed by atoms with Gasteiger partial charge in [-0.15, -0.1) is 10.2 Å². The van der Waals surface area contributed by atoms with Crippen molar-refractivity contribution < 1.29 is 28.6 Å². The molecule has 1 aliphatic rings. The van der Waals surface area contributed by atoms with Crippen LogP contribution in [0.3, 0.4) is 0 Å². The quantitative estimate of drug-likeness (QED) is 0.0590. The van der Waals surface area contributed by atoms with Crippen molar-refractivity contribution in [3.8, 4) is 11.5 Å². The third kappa shape index (κ3) is 6.92. The van der Waals surface area contributed by atoms with Crippen LogP contribution in [0.2, 0.25) is 0 Å². The summed E-state index contributed by atoms with van der Waals surface area (Å²) in [5.41, 5.74) is 1.67. The lowest BCUT2D eigenvalue weighted by Gasteiger charge is -2.23. The number of nitrogens with zero attached hydrogens (tertiary/aromatic N) is 4. The molecule has 1 N–H and O–H groups in total. The number of aliphatic hydroxyl groups is 1. The maximum Gasteiger partial charge on any atom is 0.301 e. The zero-order valence-electron chi connectivity index (χ0n) is 24.4. The van der Waals surface area contributed by atoms with Gasteiger partial charge in [-0.2, -0.15) is 0 Å². The number of hydrogen-bond acceptors (Lipinski definition) is 10. The van der Waals surface area contributed by atoms with Gasteiger partial charge in [0.2, 0.25) is 5.13 Å². The molecular weight excluding hydrogens is 604 g/mol. The molecule has 0 saturated carbocycles. The molecule has 2 aromatic carbocycles. The third-order valence-electron chi connectivity index (χ3n) is 6.81. The van der Waals surface area contributed by atoms with Crippen molar-refractivity contribution in [3.63, 3.8) is 0 Å². The van der Waals surface area contributed by atoms with Crippen LogP contribution in [-0.4, -0.2) is 45.2 Å². The Morgan fingerprint density at radius 3 is 2.50 bits per heavy atom. The Kier molecular flexibility index (Phi) is 9.91. The SMILES string of the molecule is CCOc1cc(C2/C(=C(\O)c3ccncc3)C(=O)C(=O)N2c2nnc(SCc3ccc(F)cc3)s2)ccc1OCCC(C)C. The highest BCUT2D eigenvalue weighted by Crippen LogP contribution is 2.45. The van der Waals surface area contributed by atoms with Crippen molar-refractivity contribution in [1.29, 1.82) is 0 Å². The predicted molar refractivity (Wildman–Crippen MR) is 167 cm³/mol. The first-order valence-corrected chi connectivity index (χ1v) is 15.9. The summed E-state index contributed by atoms with van der Waals surface area (Å²) in [5.74, 6) is -0.375. The summed E-state index contributed by atoms with van der Waals surface area (Å²) in [4.78, 5) is 32.4. The van der Waals surface area contributed by atoms with E-state index < -0.39 is 17.7 Å². The van der Waals surface area contributed by atoms with Crippen LogP contribution in [-0.2, 0) is 15.3 Å². The Bertz CT molecular complexity index is 1660. The molecule has 0 spiro atoms. The van der Waals surface area contributed by atoms with Crippen molar-refractivity contribution in [2.45, 2.75) is 43.3 Å². The first-order valence-electron chi connectivity index (χ1n) is 14.1. The number of benzene rings is 2. The second-order valence-electron chi connectivity index (χ2n) is 10.3. The molecule has 1 aliphatic heterocycles.